The molecule has 6 nitrogen and oxygen atoms in total. The fourth-order valence-electron chi connectivity index (χ4n) is 2.16. The Bertz CT molecular complexity index is 817. The van der Waals surface area contributed by atoms with E-state index in [1.54, 1.807) is 48.5 Å². The van der Waals surface area contributed by atoms with E-state index in [2.05, 4.69) is 10.0 Å². The highest BCUT2D eigenvalue weighted by molar-refractivity contribution is 7.89. The molecule has 2 aromatic carbocycles. The van der Waals surface area contributed by atoms with Gasteiger partial charge in [0.2, 0.25) is 10.0 Å². The maximum atomic E-state index is 12.1. The van der Waals surface area contributed by atoms with Crippen molar-refractivity contribution in [1.29, 1.82) is 0 Å². The quantitative estimate of drug-likeness (QED) is 0.705. The molecule has 0 spiro atoms. The number of sulfonamides is 1. The highest BCUT2D eigenvalue weighted by Crippen LogP contribution is 2.13. The zero-order chi connectivity index (χ0) is 18.3. The van der Waals surface area contributed by atoms with Crippen LogP contribution in [0.5, 0.6) is 5.75 Å². The molecule has 2 rings (SSSR count). The van der Waals surface area contributed by atoms with Crippen LogP contribution >= 0.6 is 0 Å². The largest absolute Gasteiger partial charge is 0.494 e. The van der Waals surface area contributed by atoms with Crippen molar-refractivity contribution in [2.24, 2.45) is 0 Å². The van der Waals surface area contributed by atoms with Crippen LogP contribution in [0.3, 0.4) is 0 Å². The molecule has 1 amide bonds. The van der Waals surface area contributed by atoms with Crippen molar-refractivity contribution in [3.05, 3.63) is 59.7 Å². The minimum atomic E-state index is -3.57. The van der Waals surface area contributed by atoms with Gasteiger partial charge in [-0.3, -0.25) is 4.79 Å². The summed E-state index contributed by atoms with van der Waals surface area (Å²) in [7, 11) is -3.57. The van der Waals surface area contributed by atoms with Gasteiger partial charge in [-0.25, -0.2) is 13.1 Å². The zero-order valence-corrected chi connectivity index (χ0v) is 15.1. The van der Waals surface area contributed by atoms with Gasteiger partial charge in [0, 0.05) is 18.7 Å². The Labute approximate surface area is 148 Å². The van der Waals surface area contributed by atoms with E-state index in [1.807, 2.05) is 13.8 Å². The molecule has 2 aromatic rings. The molecule has 0 aliphatic heterocycles. The summed E-state index contributed by atoms with van der Waals surface area (Å²) < 4.78 is 32.1. The van der Waals surface area contributed by atoms with Crippen molar-refractivity contribution < 1.29 is 17.9 Å². The predicted molar refractivity (Wildman–Crippen MR) is 96.3 cm³/mol. The topological polar surface area (TPSA) is 84.5 Å². The highest BCUT2D eigenvalue weighted by Gasteiger charge is 2.13. The number of carbonyl (C=O) groups is 1. The van der Waals surface area contributed by atoms with Crippen LogP contribution < -0.4 is 14.8 Å². The highest BCUT2D eigenvalue weighted by atomic mass is 32.2. The van der Waals surface area contributed by atoms with Gasteiger partial charge in [0.05, 0.1) is 11.5 Å². The van der Waals surface area contributed by atoms with Crippen LogP contribution in [-0.2, 0) is 10.0 Å². The second kappa shape index (κ2) is 8.64. The lowest BCUT2D eigenvalue weighted by Crippen LogP contribution is -2.34. The van der Waals surface area contributed by atoms with E-state index in [0.29, 0.717) is 17.9 Å². The first-order chi connectivity index (χ1) is 11.9. The predicted octanol–water partition coefficient (Wildman–Crippen LogP) is 2.10. The summed E-state index contributed by atoms with van der Waals surface area (Å²) in [6, 6.07) is 13.4. The minimum absolute atomic E-state index is 0.104. The summed E-state index contributed by atoms with van der Waals surface area (Å²) in [5, 5.41) is 2.68. The number of amides is 1. The molecule has 7 heteroatoms. The van der Waals surface area contributed by atoms with Crippen LogP contribution in [0.25, 0.3) is 0 Å². The number of hydrogen-bond donors (Lipinski definition) is 2. The van der Waals surface area contributed by atoms with Gasteiger partial charge in [-0.05, 0) is 44.2 Å². The van der Waals surface area contributed by atoms with Crippen LogP contribution in [0.4, 0.5) is 0 Å². The molecule has 0 fully saturated rings. The van der Waals surface area contributed by atoms with E-state index in [1.165, 1.54) is 0 Å². The Balaban J connectivity index is 1.85. The van der Waals surface area contributed by atoms with Gasteiger partial charge in [-0.2, -0.15) is 0 Å². The lowest BCUT2D eigenvalue weighted by Gasteiger charge is -2.09. The van der Waals surface area contributed by atoms with Crippen molar-refractivity contribution in [3.8, 4) is 5.75 Å². The lowest BCUT2D eigenvalue weighted by atomic mass is 10.2. The van der Waals surface area contributed by atoms with Gasteiger partial charge in [0.25, 0.3) is 5.91 Å². The number of carbonyl (C=O) groups excluding carboxylic acids is 1. The summed E-state index contributed by atoms with van der Waals surface area (Å²) in [6.45, 7) is 4.56. The molecule has 0 unspecified atom stereocenters. The van der Waals surface area contributed by atoms with E-state index in [4.69, 9.17) is 4.74 Å². The molecule has 0 atom stereocenters. The van der Waals surface area contributed by atoms with Gasteiger partial charge in [0.1, 0.15) is 5.75 Å². The number of rotatable bonds is 8. The second-order valence-corrected chi connectivity index (χ2v) is 7.19. The normalized spacial score (nSPS) is 11.1. The SMILES string of the molecule is CCOc1cccc(C(=O)NCCNS(=O)(=O)c2ccc(C)cc2)c1. The number of hydrogen-bond acceptors (Lipinski definition) is 4. The molecule has 0 radical (unpaired) electrons. The Morgan fingerprint density at radius 1 is 1.08 bits per heavy atom. The number of benzene rings is 2. The van der Waals surface area contributed by atoms with Crippen molar-refractivity contribution >= 4 is 15.9 Å². The molecule has 0 bridgehead atoms. The average Bonchev–Trinajstić information content (AvgIpc) is 2.59. The molecular formula is C18H22N2O4S. The summed E-state index contributed by atoms with van der Waals surface area (Å²) in [6.07, 6.45) is 0. The van der Waals surface area contributed by atoms with Crippen molar-refractivity contribution in [3.63, 3.8) is 0 Å². The van der Waals surface area contributed by atoms with Crippen molar-refractivity contribution in [2.45, 2.75) is 18.7 Å². The van der Waals surface area contributed by atoms with Crippen molar-refractivity contribution in [1.82, 2.24) is 10.0 Å². The molecule has 2 N–H and O–H groups in total. The standard InChI is InChI=1S/C18H22N2O4S/c1-3-24-16-6-4-5-15(13-16)18(21)19-11-12-20-25(22,23)17-9-7-14(2)8-10-17/h4-10,13,20H,3,11-12H2,1-2H3,(H,19,21). The zero-order valence-electron chi connectivity index (χ0n) is 14.3. The smallest absolute Gasteiger partial charge is 0.251 e. The maximum absolute atomic E-state index is 12.1. The third-order valence-electron chi connectivity index (χ3n) is 3.44. The Hall–Kier alpha value is -2.38. The summed E-state index contributed by atoms with van der Waals surface area (Å²) >= 11 is 0. The van der Waals surface area contributed by atoms with Crippen molar-refractivity contribution in [2.75, 3.05) is 19.7 Å². The Kier molecular flexibility index (Phi) is 6.55. The van der Waals surface area contributed by atoms with Crippen LogP contribution in [0.1, 0.15) is 22.8 Å². The van der Waals surface area contributed by atoms with E-state index >= 15 is 0 Å². The van der Waals surface area contributed by atoms with E-state index in [9.17, 15) is 13.2 Å². The molecule has 0 aliphatic rings. The molecule has 0 aromatic heterocycles. The fraction of sp³-hybridized carbons (Fsp3) is 0.278. The van der Waals surface area contributed by atoms with E-state index in [-0.39, 0.29) is 23.9 Å². The monoisotopic (exact) mass is 362 g/mol. The summed E-state index contributed by atoms with van der Waals surface area (Å²) in [5.74, 6) is 0.339. The maximum Gasteiger partial charge on any atom is 0.251 e. The third kappa shape index (κ3) is 5.58. The minimum Gasteiger partial charge on any atom is -0.494 e. The van der Waals surface area contributed by atoms with E-state index in [0.717, 1.165) is 5.56 Å². The van der Waals surface area contributed by atoms with Gasteiger partial charge >= 0.3 is 0 Å². The first kappa shape index (κ1) is 19.0. The molecular weight excluding hydrogens is 340 g/mol. The summed E-state index contributed by atoms with van der Waals surface area (Å²) in [4.78, 5) is 12.3. The number of nitrogens with one attached hydrogen (secondary N) is 2. The van der Waals surface area contributed by atoms with E-state index < -0.39 is 10.0 Å². The Morgan fingerprint density at radius 3 is 2.48 bits per heavy atom. The van der Waals surface area contributed by atoms with Gasteiger partial charge in [-0.15, -0.1) is 0 Å². The van der Waals surface area contributed by atoms with Crippen LogP contribution in [0.2, 0.25) is 0 Å². The molecule has 0 saturated heterocycles. The average molecular weight is 362 g/mol. The van der Waals surface area contributed by atoms with Gasteiger partial charge < -0.3 is 10.1 Å². The Morgan fingerprint density at radius 2 is 1.80 bits per heavy atom. The fourth-order valence-corrected chi connectivity index (χ4v) is 3.19. The molecule has 0 saturated carbocycles. The first-order valence-electron chi connectivity index (χ1n) is 8.00. The molecule has 25 heavy (non-hydrogen) atoms. The summed E-state index contributed by atoms with van der Waals surface area (Å²) in [5.41, 5.74) is 1.45. The number of ether oxygens (including phenoxy) is 1. The number of aryl methyl sites for hydroxylation is 1. The van der Waals surface area contributed by atoms with Crippen LogP contribution in [-0.4, -0.2) is 34.0 Å². The first-order valence-corrected chi connectivity index (χ1v) is 9.48. The van der Waals surface area contributed by atoms with Crippen LogP contribution in [0, 0.1) is 6.92 Å². The van der Waals surface area contributed by atoms with Crippen LogP contribution in [0.15, 0.2) is 53.4 Å². The lowest BCUT2D eigenvalue weighted by molar-refractivity contribution is 0.0954. The molecule has 0 aliphatic carbocycles. The van der Waals surface area contributed by atoms with Gasteiger partial charge in [-0.1, -0.05) is 23.8 Å². The third-order valence-corrected chi connectivity index (χ3v) is 4.92. The molecule has 0 heterocycles. The van der Waals surface area contributed by atoms with Gasteiger partial charge in [0.15, 0.2) is 0 Å². The molecule has 134 valence electrons. The second-order valence-electron chi connectivity index (χ2n) is 5.43.